The Hall–Kier alpha value is -3.20. The average molecular weight is 389 g/mol. The summed E-state index contributed by atoms with van der Waals surface area (Å²) in [6.07, 6.45) is 0. The molecule has 0 unspecified atom stereocenters. The van der Waals surface area contributed by atoms with E-state index in [1.807, 2.05) is 0 Å². The minimum absolute atomic E-state index is 0.106. The highest BCUT2D eigenvalue weighted by atomic mass is 32.1. The van der Waals surface area contributed by atoms with Crippen molar-refractivity contribution in [1.29, 1.82) is 0 Å². The first-order valence-corrected chi connectivity index (χ1v) is 8.60. The number of aromatic nitrogens is 3. The van der Waals surface area contributed by atoms with Crippen molar-refractivity contribution in [3.63, 3.8) is 0 Å². The minimum Gasteiger partial charge on any atom is -0.422 e. The summed E-state index contributed by atoms with van der Waals surface area (Å²) in [6, 6.07) is 8.83. The van der Waals surface area contributed by atoms with Crippen molar-refractivity contribution in [2.75, 3.05) is 0 Å². The molecule has 0 aliphatic rings. The highest BCUT2D eigenvalue weighted by molar-refractivity contribution is 7.16. The Morgan fingerprint density at radius 1 is 1.11 bits per heavy atom. The number of benzene rings is 2. The fourth-order valence-electron chi connectivity index (χ4n) is 2.52. The molecular formula is C18H10F3N3O2S. The maximum Gasteiger partial charge on any atom is 0.311 e. The number of fused-ring (bicyclic) bond motifs is 1. The molecule has 0 fully saturated rings. The van der Waals surface area contributed by atoms with Crippen LogP contribution in [0.3, 0.4) is 0 Å². The number of alkyl halides is 1. The van der Waals surface area contributed by atoms with E-state index in [0.717, 1.165) is 15.9 Å². The van der Waals surface area contributed by atoms with Gasteiger partial charge in [0.05, 0.1) is 11.2 Å². The van der Waals surface area contributed by atoms with Gasteiger partial charge in [-0.1, -0.05) is 12.1 Å². The monoisotopic (exact) mass is 389 g/mol. The maximum absolute atomic E-state index is 14.4. The van der Waals surface area contributed by atoms with Crippen molar-refractivity contribution in [3.8, 4) is 17.4 Å². The summed E-state index contributed by atoms with van der Waals surface area (Å²) < 4.78 is 47.1. The van der Waals surface area contributed by atoms with Crippen LogP contribution in [0.4, 0.5) is 13.2 Å². The van der Waals surface area contributed by atoms with Crippen LogP contribution in [-0.4, -0.2) is 14.5 Å². The Balaban J connectivity index is 1.93. The summed E-state index contributed by atoms with van der Waals surface area (Å²) in [5.41, 5.74) is 1.09. The van der Waals surface area contributed by atoms with Crippen LogP contribution in [-0.2, 0) is 6.67 Å². The van der Waals surface area contributed by atoms with Gasteiger partial charge in [0.2, 0.25) is 0 Å². The van der Waals surface area contributed by atoms with Crippen LogP contribution in [0.5, 0.6) is 11.8 Å². The van der Waals surface area contributed by atoms with E-state index >= 15 is 0 Å². The lowest BCUT2D eigenvalue weighted by molar-refractivity contribution is 0.389. The van der Waals surface area contributed by atoms with Crippen molar-refractivity contribution in [1.82, 2.24) is 14.5 Å². The van der Waals surface area contributed by atoms with Crippen LogP contribution < -0.4 is 10.3 Å². The fraction of sp³-hybridized carbons (Fsp3) is 0.0556. The van der Waals surface area contributed by atoms with Crippen molar-refractivity contribution < 1.29 is 17.9 Å². The van der Waals surface area contributed by atoms with Gasteiger partial charge in [-0.15, -0.1) is 11.3 Å². The topological polar surface area (TPSA) is 57.0 Å². The van der Waals surface area contributed by atoms with Gasteiger partial charge in [0.1, 0.15) is 12.5 Å². The van der Waals surface area contributed by atoms with Gasteiger partial charge in [-0.25, -0.2) is 22.7 Å². The van der Waals surface area contributed by atoms with Gasteiger partial charge < -0.3 is 4.74 Å². The molecule has 9 heteroatoms. The zero-order chi connectivity index (χ0) is 19.0. The first-order valence-electron chi connectivity index (χ1n) is 7.72. The first kappa shape index (κ1) is 17.2. The van der Waals surface area contributed by atoms with Crippen LogP contribution in [0, 0.1) is 11.6 Å². The van der Waals surface area contributed by atoms with Crippen LogP contribution in [0.1, 0.15) is 5.56 Å². The third kappa shape index (κ3) is 3.06. The number of ether oxygens (including phenoxy) is 1. The number of hydrogen-bond acceptors (Lipinski definition) is 5. The number of hydrogen-bond donors (Lipinski definition) is 0. The van der Waals surface area contributed by atoms with Crippen molar-refractivity contribution >= 4 is 21.7 Å². The van der Waals surface area contributed by atoms with Crippen molar-refractivity contribution in [3.05, 3.63) is 75.5 Å². The second-order valence-corrected chi connectivity index (χ2v) is 6.32. The van der Waals surface area contributed by atoms with Crippen LogP contribution in [0.25, 0.3) is 16.0 Å². The molecule has 0 saturated carbocycles. The lowest BCUT2D eigenvalue weighted by Gasteiger charge is -2.13. The molecule has 0 saturated heterocycles. The summed E-state index contributed by atoms with van der Waals surface area (Å²) in [5, 5.41) is 0. The van der Waals surface area contributed by atoms with Gasteiger partial charge in [-0.3, -0.25) is 4.79 Å². The molecule has 2 heterocycles. The Labute approximate surface area is 154 Å². The molecule has 5 nitrogen and oxygen atoms in total. The van der Waals surface area contributed by atoms with E-state index in [1.165, 1.54) is 48.0 Å². The quantitative estimate of drug-likeness (QED) is 0.520. The molecule has 0 amide bonds. The third-order valence-electron chi connectivity index (χ3n) is 3.82. The molecule has 0 N–H and O–H groups in total. The maximum atomic E-state index is 14.4. The van der Waals surface area contributed by atoms with Gasteiger partial charge in [0, 0.05) is 5.56 Å². The molecule has 0 bridgehead atoms. The number of thiazole rings is 1. The summed E-state index contributed by atoms with van der Waals surface area (Å²) in [7, 11) is 0. The van der Waals surface area contributed by atoms with Gasteiger partial charge in [-0.05, 0) is 30.3 Å². The zero-order valence-electron chi connectivity index (χ0n) is 13.5. The third-order valence-corrected chi connectivity index (χ3v) is 4.53. The lowest BCUT2D eigenvalue weighted by Crippen LogP contribution is -2.21. The van der Waals surface area contributed by atoms with E-state index in [-0.39, 0.29) is 28.5 Å². The molecule has 0 aliphatic heterocycles. The Bertz CT molecular complexity index is 1190. The second-order valence-electron chi connectivity index (χ2n) is 5.48. The van der Waals surface area contributed by atoms with Crippen LogP contribution in [0.15, 0.2) is 52.8 Å². The summed E-state index contributed by atoms with van der Waals surface area (Å²) in [6.45, 7) is -1.00. The molecular weight excluding hydrogens is 379 g/mol. The van der Waals surface area contributed by atoms with E-state index in [0.29, 0.717) is 4.83 Å². The summed E-state index contributed by atoms with van der Waals surface area (Å²) in [4.78, 5) is 21.3. The van der Waals surface area contributed by atoms with E-state index in [2.05, 4.69) is 9.97 Å². The first-order chi connectivity index (χ1) is 13.1. The van der Waals surface area contributed by atoms with Crippen LogP contribution in [0.2, 0.25) is 0 Å². The molecule has 0 spiro atoms. The largest absolute Gasteiger partial charge is 0.422 e. The highest BCUT2D eigenvalue weighted by Gasteiger charge is 2.19. The van der Waals surface area contributed by atoms with Gasteiger partial charge in [0.15, 0.2) is 21.9 Å². The predicted molar refractivity (Wildman–Crippen MR) is 94.3 cm³/mol. The summed E-state index contributed by atoms with van der Waals surface area (Å²) >= 11 is 1.12. The molecule has 2 aromatic heterocycles. The highest BCUT2D eigenvalue weighted by Crippen LogP contribution is 2.28. The van der Waals surface area contributed by atoms with Gasteiger partial charge in [0.25, 0.3) is 5.56 Å². The molecule has 136 valence electrons. The smallest absolute Gasteiger partial charge is 0.311 e. The standard InChI is InChI=1S/C18H10F3N3O2S/c19-8-10-2-1-3-13(14(10)21)26-18-23-16-15(22-9-27-16)17(25)24(18)12-6-4-11(20)5-7-12/h1-7,9H,8H2. The van der Waals surface area contributed by atoms with Crippen molar-refractivity contribution in [2.24, 2.45) is 0 Å². The molecule has 27 heavy (non-hydrogen) atoms. The lowest BCUT2D eigenvalue weighted by atomic mass is 10.2. The number of halogens is 3. The Morgan fingerprint density at radius 3 is 2.63 bits per heavy atom. The molecule has 2 aromatic carbocycles. The van der Waals surface area contributed by atoms with Gasteiger partial charge in [-0.2, -0.15) is 4.98 Å². The molecule has 4 rings (SSSR count). The van der Waals surface area contributed by atoms with E-state index in [4.69, 9.17) is 4.74 Å². The minimum atomic E-state index is -1.00. The second kappa shape index (κ2) is 6.84. The normalized spacial score (nSPS) is 11.1. The van der Waals surface area contributed by atoms with Crippen LogP contribution >= 0.6 is 11.3 Å². The number of nitrogens with zero attached hydrogens (tertiary/aromatic N) is 3. The Morgan fingerprint density at radius 2 is 1.89 bits per heavy atom. The van der Waals surface area contributed by atoms with Gasteiger partial charge >= 0.3 is 6.01 Å². The van der Waals surface area contributed by atoms with Crippen molar-refractivity contribution in [2.45, 2.75) is 6.67 Å². The summed E-state index contributed by atoms with van der Waals surface area (Å²) in [5.74, 6) is -1.65. The number of rotatable bonds is 4. The average Bonchev–Trinajstić information content (AvgIpc) is 3.14. The predicted octanol–water partition coefficient (Wildman–Crippen LogP) is 4.38. The molecule has 0 radical (unpaired) electrons. The van der Waals surface area contributed by atoms with E-state index in [1.54, 1.807) is 0 Å². The molecule has 4 aromatic rings. The zero-order valence-corrected chi connectivity index (χ0v) is 14.3. The fourth-order valence-corrected chi connectivity index (χ4v) is 3.16. The Kier molecular flexibility index (Phi) is 4.36. The molecule has 0 aliphatic carbocycles. The SMILES string of the molecule is O=c1c2ncsc2nc(Oc2cccc(CF)c2F)n1-c1ccc(F)cc1. The van der Waals surface area contributed by atoms with E-state index in [9.17, 15) is 18.0 Å². The van der Waals surface area contributed by atoms with E-state index < -0.39 is 23.9 Å². The molecule has 0 atom stereocenters.